The van der Waals surface area contributed by atoms with Crippen molar-refractivity contribution in [1.29, 1.82) is 0 Å². The first-order valence-electron chi connectivity index (χ1n) is 15.9. The zero-order valence-electron chi connectivity index (χ0n) is 26.8. The lowest BCUT2D eigenvalue weighted by Gasteiger charge is -2.33. The number of aryl methyl sites for hydroxylation is 1. The van der Waals surface area contributed by atoms with E-state index in [4.69, 9.17) is 15.5 Å². The number of aromatic nitrogens is 2. The molecule has 8 nitrogen and oxygen atoms in total. The fourth-order valence-corrected chi connectivity index (χ4v) is 6.05. The molecule has 3 heterocycles. The molecule has 0 fully saturated rings. The van der Waals surface area contributed by atoms with Crippen LogP contribution in [0.5, 0.6) is 5.75 Å². The Morgan fingerprint density at radius 1 is 0.978 bits per heavy atom. The molecule has 0 bridgehead atoms. The maximum absolute atomic E-state index is 13.5. The SMILES string of the molecule is COc1ccc(CN2C([C@@H](Cc3c[nH]c4ccccc34)NC(=O)C(C)(C)N)=C=CCN=C2CCCc2c[nH]c3ccccc23)cc1. The minimum Gasteiger partial charge on any atom is -0.497 e. The highest BCUT2D eigenvalue weighted by Crippen LogP contribution is 2.27. The first kappa shape index (κ1) is 31.0. The second-order valence-corrected chi connectivity index (χ2v) is 12.4. The predicted molar refractivity (Wildman–Crippen MR) is 186 cm³/mol. The molecule has 0 radical (unpaired) electrons. The molecule has 5 N–H and O–H groups in total. The lowest BCUT2D eigenvalue weighted by atomic mass is 9.98. The van der Waals surface area contributed by atoms with E-state index in [2.05, 4.69) is 80.6 Å². The summed E-state index contributed by atoms with van der Waals surface area (Å²) >= 11 is 0. The van der Waals surface area contributed by atoms with Crippen LogP contribution in [0.2, 0.25) is 0 Å². The van der Waals surface area contributed by atoms with Gasteiger partial charge in [-0.3, -0.25) is 9.79 Å². The van der Waals surface area contributed by atoms with Gasteiger partial charge in [0.2, 0.25) is 5.91 Å². The van der Waals surface area contributed by atoms with Crippen LogP contribution in [0.1, 0.15) is 43.4 Å². The highest BCUT2D eigenvalue weighted by atomic mass is 16.5. The van der Waals surface area contributed by atoms with Crippen LogP contribution in [0.3, 0.4) is 0 Å². The zero-order chi connectivity index (χ0) is 32.1. The molecule has 0 aliphatic carbocycles. The number of nitrogens with zero attached hydrogens (tertiary/aromatic N) is 2. The summed E-state index contributed by atoms with van der Waals surface area (Å²) in [5, 5.41) is 5.68. The van der Waals surface area contributed by atoms with Crippen molar-refractivity contribution in [3.63, 3.8) is 0 Å². The van der Waals surface area contributed by atoms with Crippen molar-refractivity contribution in [3.8, 4) is 5.75 Å². The van der Waals surface area contributed by atoms with Gasteiger partial charge in [-0.25, -0.2) is 0 Å². The summed E-state index contributed by atoms with van der Waals surface area (Å²) in [6.07, 6.45) is 9.27. The number of fused-ring (bicyclic) bond motifs is 2. The first-order chi connectivity index (χ1) is 22.3. The van der Waals surface area contributed by atoms with E-state index < -0.39 is 11.6 Å². The lowest BCUT2D eigenvalue weighted by molar-refractivity contribution is -0.125. The number of aliphatic imine (C=N–C) groups is 1. The molecular formula is C38H42N6O2. The number of carbonyl (C=O) groups excluding carboxylic acids is 1. The molecule has 0 spiro atoms. The van der Waals surface area contributed by atoms with Crippen molar-refractivity contribution >= 4 is 33.5 Å². The largest absolute Gasteiger partial charge is 0.497 e. The summed E-state index contributed by atoms with van der Waals surface area (Å²) in [5.41, 5.74) is 15.4. The van der Waals surface area contributed by atoms with Gasteiger partial charge in [-0.2, -0.15) is 0 Å². The van der Waals surface area contributed by atoms with E-state index in [0.29, 0.717) is 19.5 Å². The smallest absolute Gasteiger partial charge is 0.240 e. The normalized spacial score (nSPS) is 14.2. The van der Waals surface area contributed by atoms with Crippen LogP contribution in [0.25, 0.3) is 21.8 Å². The Bertz CT molecular complexity index is 1920. The molecule has 8 heteroatoms. The second kappa shape index (κ2) is 13.5. The minimum atomic E-state index is -1.05. The number of H-pyrrole nitrogens is 2. The predicted octanol–water partition coefficient (Wildman–Crippen LogP) is 6.40. The van der Waals surface area contributed by atoms with Crippen molar-refractivity contribution in [2.24, 2.45) is 10.7 Å². The van der Waals surface area contributed by atoms with Gasteiger partial charge in [0, 0.05) is 53.6 Å². The molecule has 1 aliphatic heterocycles. The molecule has 0 saturated heterocycles. The van der Waals surface area contributed by atoms with Gasteiger partial charge in [-0.1, -0.05) is 54.3 Å². The van der Waals surface area contributed by atoms with E-state index in [1.54, 1.807) is 21.0 Å². The monoisotopic (exact) mass is 614 g/mol. The van der Waals surface area contributed by atoms with Crippen molar-refractivity contribution in [2.75, 3.05) is 13.7 Å². The molecule has 46 heavy (non-hydrogen) atoms. The molecule has 0 saturated carbocycles. The maximum atomic E-state index is 13.5. The molecule has 1 atom stereocenters. The van der Waals surface area contributed by atoms with Crippen LogP contribution in [-0.2, 0) is 24.2 Å². The highest BCUT2D eigenvalue weighted by Gasteiger charge is 2.31. The van der Waals surface area contributed by atoms with Crippen molar-refractivity contribution < 1.29 is 9.53 Å². The van der Waals surface area contributed by atoms with E-state index >= 15 is 0 Å². The van der Waals surface area contributed by atoms with E-state index in [9.17, 15) is 4.79 Å². The number of ether oxygens (including phenoxy) is 1. The number of aromatic amines is 2. The minimum absolute atomic E-state index is 0.224. The molecule has 2 aromatic heterocycles. The van der Waals surface area contributed by atoms with Crippen LogP contribution >= 0.6 is 0 Å². The van der Waals surface area contributed by atoms with Gasteiger partial charge in [0.15, 0.2) is 0 Å². The molecule has 0 unspecified atom stereocenters. The van der Waals surface area contributed by atoms with Crippen molar-refractivity contribution in [3.05, 3.63) is 119 Å². The molecular weight excluding hydrogens is 572 g/mol. The number of amidine groups is 1. The lowest BCUT2D eigenvalue weighted by Crippen LogP contribution is -2.54. The number of hydrogen-bond donors (Lipinski definition) is 4. The Hall–Kier alpha value is -5.04. The number of carbonyl (C=O) groups is 1. The number of rotatable bonds is 12. The second-order valence-electron chi connectivity index (χ2n) is 12.4. The Labute approximate surface area is 270 Å². The van der Waals surface area contributed by atoms with Crippen LogP contribution in [0.4, 0.5) is 0 Å². The Morgan fingerprint density at radius 3 is 2.30 bits per heavy atom. The zero-order valence-corrected chi connectivity index (χ0v) is 26.8. The summed E-state index contributed by atoms with van der Waals surface area (Å²) in [6, 6.07) is 24.3. The third-order valence-electron chi connectivity index (χ3n) is 8.56. The third kappa shape index (κ3) is 6.94. The Kier molecular flexibility index (Phi) is 9.11. The summed E-state index contributed by atoms with van der Waals surface area (Å²) in [4.78, 5) is 27.5. The van der Waals surface area contributed by atoms with Crippen molar-refractivity contribution in [2.45, 2.75) is 57.7 Å². The molecule has 6 rings (SSSR count). The molecule has 1 aliphatic rings. The van der Waals surface area contributed by atoms with Gasteiger partial charge < -0.3 is 30.7 Å². The number of methoxy groups -OCH3 is 1. The van der Waals surface area contributed by atoms with E-state index in [1.807, 2.05) is 36.5 Å². The standard InChI is InChI=1S/C38H42N6O2/c1-38(2,39)37(45)43-34(22-28-24-42-33-14-7-5-12-31(28)33)35-15-9-21-40-36(44(35)25-26-17-19-29(46-3)20-18-26)16-8-10-27-23-41-32-13-6-4-11-30(27)32/h4-7,9,11-14,17-20,23-24,34,41-42H,8,10,16,21-22,25,39H2,1-3H3,(H,43,45)/t34-/m1/s1. The molecule has 5 aromatic rings. The van der Waals surface area contributed by atoms with Crippen LogP contribution < -0.4 is 15.8 Å². The van der Waals surface area contributed by atoms with Gasteiger partial charge in [0.25, 0.3) is 0 Å². The Balaban J connectivity index is 1.34. The van der Waals surface area contributed by atoms with Gasteiger partial charge in [0.05, 0.1) is 30.9 Å². The number of benzene rings is 3. The van der Waals surface area contributed by atoms with Crippen LogP contribution in [0.15, 0.2) is 108 Å². The summed E-state index contributed by atoms with van der Waals surface area (Å²) in [7, 11) is 1.67. The summed E-state index contributed by atoms with van der Waals surface area (Å²) in [5.74, 6) is 1.55. The van der Waals surface area contributed by atoms with Gasteiger partial charge in [0.1, 0.15) is 11.6 Å². The maximum Gasteiger partial charge on any atom is 0.240 e. The summed E-state index contributed by atoms with van der Waals surface area (Å²) in [6.45, 7) is 4.55. The number of para-hydroxylation sites is 2. The van der Waals surface area contributed by atoms with E-state index in [1.165, 1.54) is 10.9 Å². The number of amides is 1. The number of nitrogens with one attached hydrogen (secondary N) is 3. The average molecular weight is 615 g/mol. The quantitative estimate of drug-likeness (QED) is 0.122. The van der Waals surface area contributed by atoms with E-state index in [-0.39, 0.29) is 5.91 Å². The van der Waals surface area contributed by atoms with Crippen LogP contribution in [0, 0.1) is 0 Å². The Morgan fingerprint density at radius 2 is 1.63 bits per heavy atom. The van der Waals surface area contributed by atoms with Gasteiger partial charge >= 0.3 is 0 Å². The average Bonchev–Trinajstić information content (AvgIpc) is 3.61. The van der Waals surface area contributed by atoms with Gasteiger partial charge in [-0.05, 0) is 73.7 Å². The van der Waals surface area contributed by atoms with Crippen LogP contribution in [-0.4, -0.2) is 51.8 Å². The first-order valence-corrected chi connectivity index (χ1v) is 15.9. The fourth-order valence-electron chi connectivity index (χ4n) is 6.05. The third-order valence-corrected chi connectivity index (χ3v) is 8.56. The van der Waals surface area contributed by atoms with E-state index in [0.717, 1.165) is 64.1 Å². The van der Waals surface area contributed by atoms with Gasteiger partial charge in [-0.15, -0.1) is 0 Å². The number of nitrogens with two attached hydrogens (primary N) is 1. The fraction of sp³-hybridized carbons (Fsp3) is 0.289. The molecule has 236 valence electrons. The summed E-state index contributed by atoms with van der Waals surface area (Å²) < 4.78 is 5.42. The number of hydrogen-bond acceptors (Lipinski definition) is 5. The molecule has 1 amide bonds. The van der Waals surface area contributed by atoms with Crippen molar-refractivity contribution in [1.82, 2.24) is 20.2 Å². The topological polar surface area (TPSA) is 112 Å². The molecule has 3 aromatic carbocycles. The highest BCUT2D eigenvalue weighted by molar-refractivity contribution is 5.88.